The summed E-state index contributed by atoms with van der Waals surface area (Å²) in [5.41, 5.74) is 2.20. The number of nitrogens with one attached hydrogen (secondary N) is 2. The monoisotopic (exact) mass is 355 g/mol. The third kappa shape index (κ3) is 2.55. The van der Waals surface area contributed by atoms with Gasteiger partial charge in [-0.3, -0.25) is 4.98 Å². The first kappa shape index (κ1) is 15.7. The molecule has 5 nitrogen and oxygen atoms in total. The van der Waals surface area contributed by atoms with Crippen LogP contribution in [0, 0.1) is 23.6 Å². The number of hydrogen-bond acceptors (Lipinski definition) is 4. The maximum Gasteiger partial charge on any atom is 0.145 e. The number of halogens is 1. The molecule has 0 amide bonds. The van der Waals surface area contributed by atoms with Crippen molar-refractivity contribution < 1.29 is 7.24 Å². The van der Waals surface area contributed by atoms with Gasteiger partial charge in [0, 0.05) is 26.0 Å². The summed E-state index contributed by atoms with van der Waals surface area (Å²) >= 11 is 0. The number of fused-ring (bicyclic) bond motifs is 4. The molecule has 0 saturated heterocycles. The van der Waals surface area contributed by atoms with Crippen LogP contribution in [-0.4, -0.2) is 26.0 Å². The Bertz CT molecular complexity index is 953. The zero-order valence-corrected chi connectivity index (χ0v) is 14.7. The molecule has 2 atom stereocenters. The summed E-state index contributed by atoms with van der Waals surface area (Å²) < 4.78 is 13.6. The summed E-state index contributed by atoms with van der Waals surface area (Å²) in [5, 5.41) is 4.37. The van der Waals surface area contributed by atoms with E-state index >= 15 is 0 Å². The van der Waals surface area contributed by atoms with Crippen LogP contribution in [0.1, 0.15) is 35.5 Å². The molecule has 3 heterocycles. The Morgan fingerprint density at radius 3 is 2.77 bits per heavy atom. The van der Waals surface area contributed by atoms with Gasteiger partial charge in [0.1, 0.15) is 17.3 Å². The molecule has 3 aliphatic carbocycles. The zero-order valence-electron chi connectivity index (χ0n) is 14.7. The lowest BCUT2D eigenvalue weighted by Gasteiger charge is -2.47. The molecule has 3 aliphatic rings. The lowest BCUT2D eigenvalue weighted by molar-refractivity contribution is 0.0928. The highest BCUT2D eigenvalue weighted by Crippen LogP contribution is 2.45. The molecular weight excluding hydrogens is 329 g/mol. The standard InChI is InChI=1S/C20H22FN5.2H2/c1-11-12-2-4-13(5-3-12)19(11)26-18-10-22-9-17(25-18)16-8-24-20-15(16)6-14(21)7-23-20;;/h6-13,19H,2-5H2,1H3,(H,23,24)(H,25,26);2*1H/t11?,12?,13?,19-;;/m1../s1. The van der Waals surface area contributed by atoms with Crippen molar-refractivity contribution in [3.05, 3.63) is 36.7 Å². The minimum Gasteiger partial charge on any atom is -0.365 e. The highest BCUT2D eigenvalue weighted by atomic mass is 19.1. The predicted octanol–water partition coefficient (Wildman–Crippen LogP) is 4.89. The number of nitrogens with zero attached hydrogens (tertiary/aromatic N) is 3. The SMILES string of the molecule is CC1C2CCC(CC2)[C@@H]1Nc1cncc(-c2c[nH]c3ncc(F)cc23)n1.[HH].[HH]. The first-order valence-corrected chi connectivity index (χ1v) is 9.40. The maximum absolute atomic E-state index is 13.6. The van der Waals surface area contributed by atoms with Gasteiger partial charge in [0.25, 0.3) is 0 Å². The molecule has 2 bridgehead atoms. The van der Waals surface area contributed by atoms with Crippen LogP contribution in [0.4, 0.5) is 10.2 Å². The number of H-pyrrole nitrogens is 1. The Morgan fingerprint density at radius 1 is 1.15 bits per heavy atom. The van der Waals surface area contributed by atoms with Crippen LogP contribution in [0.2, 0.25) is 0 Å². The first-order chi connectivity index (χ1) is 12.7. The van der Waals surface area contributed by atoms with Gasteiger partial charge < -0.3 is 10.3 Å². The van der Waals surface area contributed by atoms with Gasteiger partial charge in [-0.05, 0) is 49.5 Å². The minimum atomic E-state index is -0.354. The van der Waals surface area contributed by atoms with Crippen molar-refractivity contribution in [3.8, 4) is 11.3 Å². The number of anilines is 1. The van der Waals surface area contributed by atoms with Crippen LogP contribution >= 0.6 is 0 Å². The van der Waals surface area contributed by atoms with Gasteiger partial charge in [-0.15, -0.1) is 0 Å². The number of hydrogen-bond donors (Lipinski definition) is 2. The van der Waals surface area contributed by atoms with Crippen LogP contribution in [0.15, 0.2) is 30.9 Å². The van der Waals surface area contributed by atoms with Gasteiger partial charge in [0.15, 0.2) is 0 Å². The fourth-order valence-corrected chi connectivity index (χ4v) is 4.93. The Labute approximate surface area is 154 Å². The van der Waals surface area contributed by atoms with Crippen LogP contribution in [0.25, 0.3) is 22.3 Å². The third-order valence-electron chi connectivity index (χ3n) is 6.36. The largest absolute Gasteiger partial charge is 0.365 e. The van der Waals surface area contributed by atoms with Crippen molar-refractivity contribution in [1.82, 2.24) is 19.9 Å². The van der Waals surface area contributed by atoms with Crippen molar-refractivity contribution in [2.75, 3.05) is 5.32 Å². The lowest BCUT2D eigenvalue weighted by Crippen LogP contribution is -2.47. The number of aromatic nitrogens is 4. The molecular formula is C20H26FN5. The summed E-state index contributed by atoms with van der Waals surface area (Å²) in [6.45, 7) is 2.36. The molecule has 6 rings (SSSR count). The smallest absolute Gasteiger partial charge is 0.145 e. The van der Waals surface area contributed by atoms with E-state index in [1.807, 2.05) is 6.20 Å². The van der Waals surface area contributed by atoms with Gasteiger partial charge in [-0.25, -0.2) is 14.4 Å². The van der Waals surface area contributed by atoms with Crippen LogP contribution < -0.4 is 5.32 Å². The Balaban J connectivity index is 0.00000112. The summed E-state index contributed by atoms with van der Waals surface area (Å²) in [7, 11) is 0. The van der Waals surface area contributed by atoms with Crippen LogP contribution in [0.5, 0.6) is 0 Å². The number of aromatic amines is 1. The van der Waals surface area contributed by atoms with E-state index in [2.05, 4.69) is 27.2 Å². The molecule has 3 saturated carbocycles. The maximum atomic E-state index is 13.6. The molecule has 6 heteroatoms. The van der Waals surface area contributed by atoms with Gasteiger partial charge in [0.2, 0.25) is 0 Å². The molecule has 3 fully saturated rings. The normalized spacial score (nSPS) is 27.8. The van der Waals surface area contributed by atoms with Crippen molar-refractivity contribution in [2.24, 2.45) is 17.8 Å². The average molecular weight is 355 g/mol. The fraction of sp³-hybridized carbons (Fsp3) is 0.450. The molecule has 26 heavy (non-hydrogen) atoms. The van der Waals surface area contributed by atoms with E-state index in [9.17, 15) is 4.39 Å². The second kappa shape index (κ2) is 6.04. The Hall–Kier alpha value is -2.50. The number of pyridine rings is 1. The van der Waals surface area contributed by atoms with E-state index in [0.717, 1.165) is 34.3 Å². The second-order valence-corrected chi connectivity index (χ2v) is 7.75. The fourth-order valence-electron chi connectivity index (χ4n) is 4.93. The highest BCUT2D eigenvalue weighted by molar-refractivity contribution is 5.92. The van der Waals surface area contributed by atoms with E-state index < -0.39 is 0 Å². The molecule has 1 unspecified atom stereocenters. The average Bonchev–Trinajstić information content (AvgIpc) is 3.08. The van der Waals surface area contributed by atoms with Crippen molar-refractivity contribution >= 4 is 16.9 Å². The first-order valence-electron chi connectivity index (χ1n) is 9.40. The predicted molar refractivity (Wildman–Crippen MR) is 103 cm³/mol. The third-order valence-corrected chi connectivity index (χ3v) is 6.36. The van der Waals surface area contributed by atoms with Crippen LogP contribution in [-0.2, 0) is 0 Å². The summed E-state index contributed by atoms with van der Waals surface area (Å²) in [6, 6.07) is 1.95. The topological polar surface area (TPSA) is 66.5 Å². The van der Waals surface area contributed by atoms with Crippen molar-refractivity contribution in [1.29, 1.82) is 0 Å². The second-order valence-electron chi connectivity index (χ2n) is 7.75. The Morgan fingerprint density at radius 2 is 1.96 bits per heavy atom. The van der Waals surface area contributed by atoms with E-state index in [-0.39, 0.29) is 8.67 Å². The highest BCUT2D eigenvalue weighted by Gasteiger charge is 2.41. The van der Waals surface area contributed by atoms with Gasteiger partial charge >= 0.3 is 0 Å². The van der Waals surface area contributed by atoms with E-state index in [4.69, 9.17) is 4.98 Å². The van der Waals surface area contributed by atoms with Gasteiger partial charge in [-0.1, -0.05) is 6.92 Å². The molecule has 2 N–H and O–H groups in total. The van der Waals surface area contributed by atoms with Crippen molar-refractivity contribution in [3.63, 3.8) is 0 Å². The summed E-state index contributed by atoms with van der Waals surface area (Å²) in [5.74, 6) is 2.67. The quantitative estimate of drug-likeness (QED) is 0.702. The molecule has 0 radical (unpaired) electrons. The van der Waals surface area contributed by atoms with Gasteiger partial charge in [-0.2, -0.15) is 0 Å². The molecule has 0 spiro atoms. The minimum absolute atomic E-state index is 0. The molecule has 138 valence electrons. The molecule has 0 aliphatic heterocycles. The molecule has 3 aromatic rings. The molecule has 0 aromatic carbocycles. The zero-order chi connectivity index (χ0) is 17.7. The Kier molecular flexibility index (Phi) is 3.65. The molecule has 3 aromatic heterocycles. The summed E-state index contributed by atoms with van der Waals surface area (Å²) in [6.07, 6.45) is 11.9. The number of rotatable bonds is 3. The van der Waals surface area contributed by atoms with E-state index in [0.29, 0.717) is 17.6 Å². The summed E-state index contributed by atoms with van der Waals surface area (Å²) in [4.78, 5) is 16.3. The van der Waals surface area contributed by atoms with Gasteiger partial charge in [0.05, 0.1) is 24.3 Å². The van der Waals surface area contributed by atoms with Crippen molar-refractivity contribution in [2.45, 2.75) is 38.6 Å². The lowest BCUT2D eigenvalue weighted by atomic mass is 9.62. The van der Waals surface area contributed by atoms with Crippen LogP contribution in [0.3, 0.4) is 0 Å². The van der Waals surface area contributed by atoms with E-state index in [1.165, 1.54) is 37.9 Å². The van der Waals surface area contributed by atoms with E-state index in [1.54, 1.807) is 12.4 Å².